The van der Waals surface area contributed by atoms with Crippen molar-refractivity contribution in [3.63, 3.8) is 0 Å². The maximum atomic E-state index is 13.6. The van der Waals surface area contributed by atoms with Gasteiger partial charge in [-0.25, -0.2) is 13.4 Å². The molecule has 2 amide bonds. The molecule has 0 bridgehead atoms. The first-order valence-corrected chi connectivity index (χ1v) is 14.2. The Labute approximate surface area is 227 Å². The Hall–Kier alpha value is -3.11. The minimum atomic E-state index is -3.97. The first-order chi connectivity index (χ1) is 17.6. The first kappa shape index (κ1) is 31.1. The second kappa shape index (κ2) is 13.1. The topological polar surface area (TPSA) is 110 Å². The first-order valence-electron chi connectivity index (χ1n) is 12.7. The van der Waals surface area contributed by atoms with Crippen LogP contribution >= 0.6 is 0 Å². The highest BCUT2D eigenvalue weighted by Crippen LogP contribution is 2.35. The third-order valence-electron chi connectivity index (χ3n) is 5.64. The monoisotopic (exact) mass is 546 g/mol. The van der Waals surface area contributed by atoms with E-state index in [4.69, 9.17) is 0 Å². The summed E-state index contributed by atoms with van der Waals surface area (Å²) in [4.78, 5) is 27.5. The molecule has 0 saturated carbocycles. The second-order valence-electron chi connectivity index (χ2n) is 11.3. The lowest BCUT2D eigenvalue weighted by atomic mass is 9.92. The molecule has 2 aromatic rings. The summed E-state index contributed by atoms with van der Waals surface area (Å²) < 4.78 is 28.5. The number of anilines is 1. The number of hydrogen-bond acceptors (Lipinski definition) is 6. The van der Waals surface area contributed by atoms with Crippen molar-refractivity contribution in [2.24, 2.45) is 11.3 Å². The summed E-state index contributed by atoms with van der Waals surface area (Å²) in [6, 6.07) is 12.9. The molecular weight excluding hydrogens is 504 g/mol. The Balaban J connectivity index is 2.50. The van der Waals surface area contributed by atoms with E-state index in [-0.39, 0.29) is 65.5 Å². The van der Waals surface area contributed by atoms with E-state index in [9.17, 15) is 23.1 Å². The molecule has 38 heavy (non-hydrogen) atoms. The summed E-state index contributed by atoms with van der Waals surface area (Å²) >= 11 is 0. The third kappa shape index (κ3) is 9.02. The van der Waals surface area contributed by atoms with Crippen LogP contribution in [0.2, 0.25) is 0 Å². The van der Waals surface area contributed by atoms with E-state index in [2.05, 4.69) is 5.43 Å². The van der Waals surface area contributed by atoms with E-state index < -0.39 is 10.0 Å². The fourth-order valence-electron chi connectivity index (χ4n) is 3.75. The van der Waals surface area contributed by atoms with Gasteiger partial charge in [0.1, 0.15) is 5.75 Å². The highest BCUT2D eigenvalue weighted by Gasteiger charge is 2.29. The van der Waals surface area contributed by atoms with Crippen LogP contribution < -0.4 is 9.73 Å². The van der Waals surface area contributed by atoms with Gasteiger partial charge in [0.2, 0.25) is 5.91 Å². The van der Waals surface area contributed by atoms with E-state index in [1.165, 1.54) is 21.4 Å². The quantitative estimate of drug-likeness (QED) is 0.413. The molecule has 2 N–H and O–H groups in total. The smallest absolute Gasteiger partial charge is 0.264 e. The van der Waals surface area contributed by atoms with Gasteiger partial charge in [0.15, 0.2) is 0 Å². The molecule has 0 unspecified atom stereocenters. The van der Waals surface area contributed by atoms with Gasteiger partial charge in [0.25, 0.3) is 15.9 Å². The van der Waals surface area contributed by atoms with Crippen LogP contribution in [0.25, 0.3) is 0 Å². The summed E-state index contributed by atoms with van der Waals surface area (Å²) in [5, 5.41) is 12.5. The van der Waals surface area contributed by atoms with Crippen molar-refractivity contribution in [3.05, 3.63) is 54.1 Å². The Morgan fingerprint density at radius 2 is 1.63 bits per heavy atom. The van der Waals surface area contributed by atoms with Gasteiger partial charge in [-0.15, -0.1) is 0 Å². The number of phenolic OH excluding ortho intramolecular Hbond substituents is 1. The summed E-state index contributed by atoms with van der Waals surface area (Å²) in [6.07, 6.45) is 0.741. The molecule has 0 saturated heterocycles. The lowest BCUT2D eigenvalue weighted by molar-refractivity contribution is -0.144. The van der Waals surface area contributed by atoms with Gasteiger partial charge in [-0.3, -0.25) is 19.3 Å². The Morgan fingerprint density at radius 1 is 1.00 bits per heavy atom. The number of hydrogen-bond donors (Lipinski definition) is 2. The lowest BCUT2D eigenvalue weighted by Crippen LogP contribution is -2.49. The molecule has 0 aliphatic carbocycles. The molecule has 0 spiro atoms. The van der Waals surface area contributed by atoms with Crippen molar-refractivity contribution in [2.75, 3.05) is 31.5 Å². The Kier molecular flexibility index (Phi) is 10.7. The number of nitrogens with zero attached hydrogens (tertiary/aromatic N) is 3. The highest BCUT2D eigenvalue weighted by molar-refractivity contribution is 7.92. The number of likely N-dealkylation sites (N-methyl/N-ethyl adjacent to an activating group) is 1. The van der Waals surface area contributed by atoms with Gasteiger partial charge in [-0.2, -0.15) is 0 Å². The number of aromatic hydroxyl groups is 1. The summed E-state index contributed by atoms with van der Waals surface area (Å²) in [6.45, 7) is 9.87. The van der Waals surface area contributed by atoms with Crippen LogP contribution in [0.4, 0.5) is 5.69 Å². The average Bonchev–Trinajstić information content (AvgIpc) is 2.79. The zero-order valence-electron chi connectivity index (χ0n) is 23.6. The minimum absolute atomic E-state index is 0.0730. The summed E-state index contributed by atoms with van der Waals surface area (Å²) in [5.41, 5.74) is 2.75. The van der Waals surface area contributed by atoms with E-state index in [1.54, 1.807) is 55.4 Å². The molecule has 0 heterocycles. The van der Waals surface area contributed by atoms with Crippen molar-refractivity contribution < 1.29 is 23.1 Å². The van der Waals surface area contributed by atoms with Crippen molar-refractivity contribution in [1.29, 1.82) is 0 Å². The second-order valence-corrected chi connectivity index (χ2v) is 13.2. The number of carbonyl (C=O) groups excluding carboxylic acids is 2. The molecule has 10 heteroatoms. The zero-order chi connectivity index (χ0) is 28.7. The lowest BCUT2D eigenvalue weighted by Gasteiger charge is -2.29. The van der Waals surface area contributed by atoms with Gasteiger partial charge in [0.05, 0.1) is 23.7 Å². The van der Waals surface area contributed by atoms with Crippen molar-refractivity contribution >= 4 is 27.5 Å². The van der Waals surface area contributed by atoms with Gasteiger partial charge >= 0.3 is 0 Å². The third-order valence-corrected chi connectivity index (χ3v) is 7.47. The van der Waals surface area contributed by atoms with E-state index in [0.29, 0.717) is 12.0 Å². The number of benzene rings is 2. The number of para-hydroxylation sites is 1. The molecule has 2 aromatic carbocycles. The molecule has 210 valence electrons. The minimum Gasteiger partial charge on any atom is -0.505 e. The van der Waals surface area contributed by atoms with Crippen LogP contribution in [0, 0.1) is 11.3 Å². The normalized spacial score (nSPS) is 12.0. The van der Waals surface area contributed by atoms with Gasteiger partial charge in [-0.1, -0.05) is 65.0 Å². The van der Waals surface area contributed by atoms with Crippen LogP contribution in [0.3, 0.4) is 0 Å². The van der Waals surface area contributed by atoms with E-state index >= 15 is 0 Å². The zero-order valence-corrected chi connectivity index (χ0v) is 24.4. The number of amides is 2. The van der Waals surface area contributed by atoms with Crippen molar-refractivity contribution in [2.45, 2.75) is 58.9 Å². The maximum absolute atomic E-state index is 13.6. The van der Waals surface area contributed by atoms with Crippen molar-refractivity contribution in [1.82, 2.24) is 15.3 Å². The van der Waals surface area contributed by atoms with E-state index in [0.717, 1.165) is 0 Å². The van der Waals surface area contributed by atoms with Gasteiger partial charge in [-0.05, 0) is 50.0 Å². The molecule has 0 aliphatic rings. The fraction of sp³-hybridized carbons (Fsp3) is 0.500. The predicted octanol–water partition coefficient (Wildman–Crippen LogP) is 3.99. The van der Waals surface area contributed by atoms with Gasteiger partial charge in [0, 0.05) is 18.5 Å². The molecule has 0 atom stereocenters. The molecule has 0 radical (unpaired) electrons. The van der Waals surface area contributed by atoms with Crippen molar-refractivity contribution in [3.8, 4) is 5.75 Å². The molecular formula is C28H42N4O5S. The maximum Gasteiger partial charge on any atom is 0.264 e. The molecule has 2 rings (SSSR count). The predicted molar refractivity (Wildman–Crippen MR) is 150 cm³/mol. The van der Waals surface area contributed by atoms with Gasteiger partial charge < -0.3 is 10.0 Å². The van der Waals surface area contributed by atoms with Crippen LogP contribution in [-0.4, -0.2) is 62.4 Å². The molecule has 9 nitrogen and oxygen atoms in total. The number of phenols is 1. The average molecular weight is 547 g/mol. The molecule has 0 aliphatic heterocycles. The Morgan fingerprint density at radius 3 is 2.18 bits per heavy atom. The van der Waals surface area contributed by atoms with Crippen LogP contribution in [0.15, 0.2) is 53.4 Å². The van der Waals surface area contributed by atoms with Crippen LogP contribution in [0.5, 0.6) is 5.75 Å². The molecule has 0 aromatic heterocycles. The highest BCUT2D eigenvalue weighted by atomic mass is 32.2. The summed E-state index contributed by atoms with van der Waals surface area (Å²) in [7, 11) is -0.483. The largest absolute Gasteiger partial charge is 0.505 e. The number of rotatable bonds is 11. The number of sulfonamides is 1. The summed E-state index contributed by atoms with van der Waals surface area (Å²) in [5.74, 6) is -0.724. The number of hydrazine groups is 1. The number of carbonyl (C=O) groups is 2. The van der Waals surface area contributed by atoms with E-state index in [1.807, 2.05) is 34.6 Å². The van der Waals surface area contributed by atoms with Crippen LogP contribution in [-0.2, 0) is 26.2 Å². The standard InChI is InChI=1S/C28H42N4O5S/c1-21(2)16-17-32(38(36,37)23-13-9-8-10-14-23)24-15-11-12-22(27(24)35)19-31(26(34)18-28(3,4)5)29-25(33)20-30(6)7/h8-15,21,35H,16-20H2,1-7H3,(H,29,33). The molecule has 0 fully saturated rings. The number of nitrogens with one attached hydrogen (secondary N) is 1. The fourth-order valence-corrected chi connectivity index (χ4v) is 5.26. The van der Waals surface area contributed by atoms with Crippen LogP contribution in [0.1, 0.15) is 53.0 Å². The SMILES string of the molecule is CC(C)CCN(c1cccc(CN(NC(=O)CN(C)C)C(=O)CC(C)(C)C)c1O)S(=O)(=O)c1ccccc1. The Bertz CT molecular complexity index is 1190.